The Morgan fingerprint density at radius 2 is 2.22 bits per heavy atom. The van der Waals surface area contributed by atoms with Crippen molar-refractivity contribution >= 4 is 0 Å². The lowest BCUT2D eigenvalue weighted by molar-refractivity contribution is -0.137. The van der Waals surface area contributed by atoms with E-state index in [2.05, 4.69) is 10.4 Å². The molecule has 0 aliphatic carbocycles. The Balaban J connectivity index is 2.37. The van der Waals surface area contributed by atoms with E-state index < -0.39 is 11.7 Å². The first-order valence-corrected chi connectivity index (χ1v) is 5.76. The molecule has 1 aromatic heterocycles. The fourth-order valence-electron chi connectivity index (χ4n) is 1.47. The maximum Gasteiger partial charge on any atom is 0.419 e. The van der Waals surface area contributed by atoms with Gasteiger partial charge < -0.3 is 10.1 Å². The fraction of sp³-hybridized carbons (Fsp3) is 0.727. The van der Waals surface area contributed by atoms with E-state index in [-0.39, 0.29) is 6.04 Å². The molecular weight excluding hydrogens is 247 g/mol. The van der Waals surface area contributed by atoms with Gasteiger partial charge in [-0.2, -0.15) is 18.3 Å². The van der Waals surface area contributed by atoms with Crippen LogP contribution in [0.4, 0.5) is 13.2 Å². The standard InChI is InChI=1S/C11H18F3N3O/c1-9(6-15-4-3-5-18-2)17-8-10(7-16-17)11(12,13)14/h7-9,15H,3-6H2,1-2H3. The number of alkyl halides is 3. The Labute approximate surface area is 104 Å². The molecule has 0 saturated carbocycles. The van der Waals surface area contributed by atoms with E-state index in [1.54, 1.807) is 7.11 Å². The molecule has 0 bridgehead atoms. The van der Waals surface area contributed by atoms with Gasteiger partial charge in [0.15, 0.2) is 0 Å². The summed E-state index contributed by atoms with van der Waals surface area (Å²) in [6, 6.07) is -0.122. The Morgan fingerprint density at radius 1 is 1.50 bits per heavy atom. The van der Waals surface area contributed by atoms with E-state index in [1.807, 2.05) is 6.92 Å². The first kappa shape index (κ1) is 15.0. The lowest BCUT2D eigenvalue weighted by atomic mass is 10.3. The molecule has 0 aliphatic rings. The number of ether oxygens (including phenoxy) is 1. The van der Waals surface area contributed by atoms with E-state index in [1.165, 1.54) is 4.68 Å². The van der Waals surface area contributed by atoms with Gasteiger partial charge in [0.2, 0.25) is 0 Å². The summed E-state index contributed by atoms with van der Waals surface area (Å²) in [6.07, 6.45) is -1.58. The summed E-state index contributed by atoms with van der Waals surface area (Å²) >= 11 is 0. The molecule has 1 rings (SSSR count). The Bertz CT molecular complexity index is 352. The minimum atomic E-state index is -4.33. The topological polar surface area (TPSA) is 39.1 Å². The number of rotatable bonds is 7. The Morgan fingerprint density at radius 3 is 2.78 bits per heavy atom. The van der Waals surface area contributed by atoms with E-state index in [4.69, 9.17) is 4.74 Å². The van der Waals surface area contributed by atoms with Crippen LogP contribution < -0.4 is 5.32 Å². The fourth-order valence-corrected chi connectivity index (χ4v) is 1.47. The van der Waals surface area contributed by atoms with Crippen LogP contribution in [-0.2, 0) is 10.9 Å². The third kappa shape index (κ3) is 4.66. The van der Waals surface area contributed by atoms with Crippen molar-refractivity contribution in [2.24, 2.45) is 0 Å². The van der Waals surface area contributed by atoms with Gasteiger partial charge in [-0.3, -0.25) is 4.68 Å². The van der Waals surface area contributed by atoms with Crippen LogP contribution in [0.5, 0.6) is 0 Å². The molecule has 0 fully saturated rings. The number of aromatic nitrogens is 2. The quantitative estimate of drug-likeness (QED) is 0.767. The van der Waals surface area contributed by atoms with Crippen molar-refractivity contribution in [3.8, 4) is 0 Å². The molecule has 0 saturated heterocycles. The molecular formula is C11H18F3N3O. The number of methoxy groups -OCH3 is 1. The first-order chi connectivity index (χ1) is 8.45. The number of nitrogens with one attached hydrogen (secondary N) is 1. The number of halogens is 3. The van der Waals surface area contributed by atoms with Crippen LogP contribution in [-0.4, -0.2) is 36.6 Å². The van der Waals surface area contributed by atoms with Crippen LogP contribution >= 0.6 is 0 Å². The Hall–Kier alpha value is -1.08. The average molecular weight is 265 g/mol. The van der Waals surface area contributed by atoms with Crippen LogP contribution in [0.15, 0.2) is 12.4 Å². The molecule has 104 valence electrons. The maximum absolute atomic E-state index is 12.4. The molecule has 18 heavy (non-hydrogen) atoms. The summed E-state index contributed by atoms with van der Waals surface area (Å²) in [7, 11) is 1.63. The molecule has 0 amide bonds. The van der Waals surface area contributed by atoms with Crippen LogP contribution in [0.1, 0.15) is 24.9 Å². The first-order valence-electron chi connectivity index (χ1n) is 5.76. The lowest BCUT2D eigenvalue weighted by Crippen LogP contribution is -2.25. The second kappa shape index (κ2) is 6.75. The SMILES string of the molecule is COCCCNCC(C)n1cc(C(F)(F)F)cn1. The molecule has 1 unspecified atom stereocenters. The van der Waals surface area contributed by atoms with E-state index in [9.17, 15) is 13.2 Å². The van der Waals surface area contributed by atoms with Crippen molar-refractivity contribution in [2.45, 2.75) is 25.6 Å². The van der Waals surface area contributed by atoms with Gasteiger partial charge in [-0.1, -0.05) is 0 Å². The highest BCUT2D eigenvalue weighted by Crippen LogP contribution is 2.28. The largest absolute Gasteiger partial charge is 0.419 e. The highest BCUT2D eigenvalue weighted by Gasteiger charge is 2.32. The zero-order chi connectivity index (χ0) is 13.6. The van der Waals surface area contributed by atoms with Crippen molar-refractivity contribution in [2.75, 3.05) is 26.8 Å². The van der Waals surface area contributed by atoms with E-state index in [0.29, 0.717) is 13.2 Å². The van der Waals surface area contributed by atoms with Crippen LogP contribution in [0.25, 0.3) is 0 Å². The van der Waals surface area contributed by atoms with Crippen LogP contribution in [0.3, 0.4) is 0 Å². The molecule has 0 aliphatic heterocycles. The van der Waals surface area contributed by atoms with E-state index >= 15 is 0 Å². The lowest BCUT2D eigenvalue weighted by Gasteiger charge is -2.13. The Kier molecular flexibility index (Phi) is 5.61. The van der Waals surface area contributed by atoms with Gasteiger partial charge in [0.1, 0.15) is 0 Å². The predicted octanol–water partition coefficient (Wildman–Crippen LogP) is 2.09. The van der Waals surface area contributed by atoms with E-state index in [0.717, 1.165) is 25.4 Å². The minimum absolute atomic E-state index is 0.122. The third-order valence-corrected chi connectivity index (χ3v) is 2.52. The molecule has 0 radical (unpaired) electrons. The van der Waals surface area contributed by atoms with Crippen molar-refractivity contribution in [1.82, 2.24) is 15.1 Å². The summed E-state index contributed by atoms with van der Waals surface area (Å²) in [5.41, 5.74) is -0.714. The second-order valence-electron chi connectivity index (χ2n) is 4.11. The average Bonchev–Trinajstić information content (AvgIpc) is 2.77. The normalized spacial score (nSPS) is 13.8. The number of hydrogen-bond donors (Lipinski definition) is 1. The molecule has 0 aromatic carbocycles. The van der Waals surface area contributed by atoms with Crippen molar-refractivity contribution in [1.29, 1.82) is 0 Å². The third-order valence-electron chi connectivity index (χ3n) is 2.52. The summed E-state index contributed by atoms with van der Waals surface area (Å²) in [6.45, 7) is 3.83. The molecule has 1 N–H and O–H groups in total. The zero-order valence-corrected chi connectivity index (χ0v) is 10.5. The van der Waals surface area contributed by atoms with Gasteiger partial charge in [0, 0.05) is 26.5 Å². The minimum Gasteiger partial charge on any atom is -0.385 e. The van der Waals surface area contributed by atoms with Crippen molar-refractivity contribution in [3.63, 3.8) is 0 Å². The number of nitrogens with zero attached hydrogens (tertiary/aromatic N) is 2. The second-order valence-corrected chi connectivity index (χ2v) is 4.11. The molecule has 1 atom stereocenters. The molecule has 7 heteroatoms. The maximum atomic E-state index is 12.4. The number of hydrogen-bond acceptors (Lipinski definition) is 3. The highest BCUT2D eigenvalue weighted by atomic mass is 19.4. The van der Waals surface area contributed by atoms with Gasteiger partial charge in [-0.05, 0) is 19.9 Å². The van der Waals surface area contributed by atoms with Gasteiger partial charge in [-0.25, -0.2) is 0 Å². The smallest absolute Gasteiger partial charge is 0.385 e. The van der Waals surface area contributed by atoms with Crippen molar-refractivity contribution < 1.29 is 17.9 Å². The predicted molar refractivity (Wildman–Crippen MR) is 61.3 cm³/mol. The summed E-state index contributed by atoms with van der Waals surface area (Å²) in [5.74, 6) is 0. The zero-order valence-electron chi connectivity index (χ0n) is 10.5. The van der Waals surface area contributed by atoms with Gasteiger partial charge in [0.05, 0.1) is 17.8 Å². The van der Waals surface area contributed by atoms with Gasteiger partial charge in [0.25, 0.3) is 0 Å². The van der Waals surface area contributed by atoms with Crippen LogP contribution in [0, 0.1) is 0 Å². The summed E-state index contributed by atoms with van der Waals surface area (Å²) in [5, 5.41) is 6.87. The molecule has 1 aromatic rings. The summed E-state index contributed by atoms with van der Waals surface area (Å²) < 4.78 is 43.3. The molecule has 1 heterocycles. The molecule has 0 spiro atoms. The monoisotopic (exact) mass is 265 g/mol. The van der Waals surface area contributed by atoms with Gasteiger partial charge in [-0.15, -0.1) is 0 Å². The molecule has 4 nitrogen and oxygen atoms in total. The van der Waals surface area contributed by atoms with Crippen molar-refractivity contribution in [3.05, 3.63) is 18.0 Å². The van der Waals surface area contributed by atoms with Crippen LogP contribution in [0.2, 0.25) is 0 Å². The van der Waals surface area contributed by atoms with Gasteiger partial charge >= 0.3 is 6.18 Å². The highest BCUT2D eigenvalue weighted by molar-refractivity contribution is 5.08. The summed E-state index contributed by atoms with van der Waals surface area (Å²) in [4.78, 5) is 0.